The topological polar surface area (TPSA) is 85.4 Å². The lowest BCUT2D eigenvalue weighted by molar-refractivity contribution is -0.128. The van der Waals surface area contributed by atoms with Gasteiger partial charge in [0.1, 0.15) is 25.5 Å². The van der Waals surface area contributed by atoms with Crippen LogP contribution in [0.4, 0.5) is 5.69 Å². The fraction of sp³-hybridized carbons (Fsp3) is 0.350. The molecule has 2 aromatic carbocycles. The largest absolute Gasteiger partial charge is 0.496 e. The normalized spacial score (nSPS) is 12.9. The zero-order chi connectivity index (χ0) is 21.0. The Morgan fingerprint density at radius 3 is 2.48 bits per heavy atom. The molecule has 1 aliphatic heterocycles. The van der Waals surface area contributed by atoms with E-state index < -0.39 is 10.0 Å². The third kappa shape index (κ3) is 4.92. The first-order valence-corrected chi connectivity index (χ1v) is 10.9. The number of hydrogen-bond donors (Lipinski definition) is 0. The molecule has 0 spiro atoms. The molecule has 0 saturated heterocycles. The third-order valence-electron chi connectivity index (χ3n) is 4.52. The van der Waals surface area contributed by atoms with Crippen LogP contribution in [0, 0.1) is 0 Å². The Kier molecular flexibility index (Phi) is 6.17. The quantitative estimate of drug-likeness (QED) is 0.680. The van der Waals surface area contributed by atoms with Gasteiger partial charge in [-0.1, -0.05) is 18.2 Å². The van der Waals surface area contributed by atoms with Gasteiger partial charge < -0.3 is 19.1 Å². The van der Waals surface area contributed by atoms with E-state index in [4.69, 9.17) is 14.2 Å². The fourth-order valence-electron chi connectivity index (χ4n) is 3.01. The van der Waals surface area contributed by atoms with Crippen molar-refractivity contribution in [3.05, 3.63) is 48.0 Å². The lowest BCUT2D eigenvalue weighted by Gasteiger charge is -2.27. The SMILES string of the molecule is COc1ccccc1CN(C)C(=O)CN(c1ccc2c(c1)OCCO2)S(C)(=O)=O. The Bertz CT molecular complexity index is 992. The summed E-state index contributed by atoms with van der Waals surface area (Å²) in [4.78, 5) is 14.3. The highest BCUT2D eigenvalue weighted by Gasteiger charge is 2.25. The molecule has 1 amide bonds. The van der Waals surface area contributed by atoms with Gasteiger partial charge in [0.15, 0.2) is 11.5 Å². The first-order chi connectivity index (χ1) is 13.8. The average molecular weight is 420 g/mol. The summed E-state index contributed by atoms with van der Waals surface area (Å²) in [7, 11) is -0.507. The maximum Gasteiger partial charge on any atom is 0.243 e. The number of hydrogen-bond acceptors (Lipinski definition) is 6. The van der Waals surface area contributed by atoms with E-state index in [-0.39, 0.29) is 12.5 Å². The number of nitrogens with zero attached hydrogens (tertiary/aromatic N) is 2. The van der Waals surface area contributed by atoms with Crippen LogP contribution in [0.1, 0.15) is 5.56 Å². The summed E-state index contributed by atoms with van der Waals surface area (Å²) in [6, 6.07) is 12.2. The van der Waals surface area contributed by atoms with Gasteiger partial charge >= 0.3 is 0 Å². The second-order valence-electron chi connectivity index (χ2n) is 6.66. The molecule has 1 aliphatic rings. The van der Waals surface area contributed by atoms with Gasteiger partial charge in [-0.2, -0.15) is 0 Å². The zero-order valence-corrected chi connectivity index (χ0v) is 17.4. The fourth-order valence-corrected chi connectivity index (χ4v) is 3.85. The summed E-state index contributed by atoms with van der Waals surface area (Å²) >= 11 is 0. The second kappa shape index (κ2) is 8.60. The van der Waals surface area contributed by atoms with Crippen LogP contribution < -0.4 is 18.5 Å². The number of anilines is 1. The molecule has 8 nitrogen and oxygen atoms in total. The molecule has 0 bridgehead atoms. The van der Waals surface area contributed by atoms with Crippen LogP contribution in [0.2, 0.25) is 0 Å². The van der Waals surface area contributed by atoms with Crippen LogP contribution >= 0.6 is 0 Å². The van der Waals surface area contributed by atoms with Crippen molar-refractivity contribution in [3.63, 3.8) is 0 Å². The van der Waals surface area contributed by atoms with Crippen molar-refractivity contribution in [1.82, 2.24) is 4.90 Å². The number of carbonyl (C=O) groups excluding carboxylic acids is 1. The lowest BCUT2D eigenvalue weighted by Crippen LogP contribution is -2.41. The van der Waals surface area contributed by atoms with E-state index in [1.165, 1.54) is 4.90 Å². The highest BCUT2D eigenvalue weighted by molar-refractivity contribution is 7.92. The first kappa shape index (κ1) is 20.8. The van der Waals surface area contributed by atoms with Crippen molar-refractivity contribution in [2.45, 2.75) is 6.54 Å². The van der Waals surface area contributed by atoms with Crippen LogP contribution in [-0.4, -0.2) is 59.4 Å². The van der Waals surface area contributed by atoms with E-state index >= 15 is 0 Å². The highest BCUT2D eigenvalue weighted by Crippen LogP contribution is 2.34. The molecule has 156 valence electrons. The highest BCUT2D eigenvalue weighted by atomic mass is 32.2. The van der Waals surface area contributed by atoms with Crippen LogP contribution in [0.25, 0.3) is 0 Å². The minimum absolute atomic E-state index is 0.293. The molecule has 0 atom stereocenters. The third-order valence-corrected chi connectivity index (χ3v) is 5.66. The minimum atomic E-state index is -3.69. The van der Waals surface area contributed by atoms with Gasteiger partial charge in [0.25, 0.3) is 0 Å². The second-order valence-corrected chi connectivity index (χ2v) is 8.57. The van der Waals surface area contributed by atoms with Gasteiger partial charge in [-0.15, -0.1) is 0 Å². The average Bonchev–Trinajstić information content (AvgIpc) is 2.71. The van der Waals surface area contributed by atoms with Gasteiger partial charge in [0, 0.05) is 25.2 Å². The lowest BCUT2D eigenvalue weighted by atomic mass is 10.2. The molecular weight excluding hydrogens is 396 g/mol. The molecule has 3 rings (SSSR count). The van der Waals surface area contributed by atoms with Gasteiger partial charge in [-0.25, -0.2) is 8.42 Å². The molecule has 0 aromatic heterocycles. The Morgan fingerprint density at radius 1 is 1.10 bits per heavy atom. The van der Waals surface area contributed by atoms with E-state index in [0.717, 1.165) is 16.1 Å². The minimum Gasteiger partial charge on any atom is -0.496 e. The molecule has 0 N–H and O–H groups in total. The van der Waals surface area contributed by atoms with Crippen molar-refractivity contribution < 1.29 is 27.4 Å². The summed E-state index contributed by atoms with van der Waals surface area (Å²) < 4.78 is 42.1. The van der Waals surface area contributed by atoms with Crippen LogP contribution in [0.15, 0.2) is 42.5 Å². The van der Waals surface area contributed by atoms with Gasteiger partial charge in [-0.05, 0) is 18.2 Å². The van der Waals surface area contributed by atoms with E-state index in [1.54, 1.807) is 32.4 Å². The van der Waals surface area contributed by atoms with Crippen molar-refractivity contribution in [3.8, 4) is 17.2 Å². The molecular formula is C20H24N2O6S. The number of ether oxygens (including phenoxy) is 3. The standard InChI is InChI=1S/C20H24N2O6S/c1-21(13-15-6-4-5-7-17(15)26-2)20(23)14-22(29(3,24)25)16-8-9-18-19(12-16)28-11-10-27-18/h4-9,12H,10-11,13-14H2,1-3H3. The molecule has 1 heterocycles. The number of amides is 1. The molecule has 29 heavy (non-hydrogen) atoms. The number of carbonyl (C=O) groups is 1. The first-order valence-electron chi connectivity index (χ1n) is 9.03. The van der Waals surface area contributed by atoms with E-state index in [2.05, 4.69) is 0 Å². The molecule has 0 fully saturated rings. The molecule has 0 saturated carbocycles. The number of fused-ring (bicyclic) bond motifs is 1. The summed E-state index contributed by atoms with van der Waals surface area (Å²) in [6.45, 7) is 0.788. The maximum absolute atomic E-state index is 12.8. The smallest absolute Gasteiger partial charge is 0.243 e. The summed E-state index contributed by atoms with van der Waals surface area (Å²) in [5.74, 6) is 1.32. The number of sulfonamides is 1. The van der Waals surface area contributed by atoms with Crippen LogP contribution in [-0.2, 0) is 21.4 Å². The van der Waals surface area contributed by atoms with Crippen molar-refractivity contribution in [1.29, 1.82) is 0 Å². The zero-order valence-electron chi connectivity index (χ0n) is 16.6. The van der Waals surface area contributed by atoms with E-state index in [1.807, 2.05) is 24.3 Å². The summed E-state index contributed by atoms with van der Waals surface area (Å²) in [6.07, 6.45) is 1.07. The van der Waals surface area contributed by atoms with Crippen molar-refractivity contribution in [2.24, 2.45) is 0 Å². The van der Waals surface area contributed by atoms with Crippen molar-refractivity contribution >= 4 is 21.6 Å². The van der Waals surface area contributed by atoms with Gasteiger partial charge in [-0.3, -0.25) is 9.10 Å². The Balaban J connectivity index is 1.79. The Morgan fingerprint density at radius 2 is 1.79 bits per heavy atom. The maximum atomic E-state index is 12.8. The molecule has 0 radical (unpaired) electrons. The number of likely N-dealkylation sites (N-methyl/N-ethyl adjacent to an activating group) is 1. The molecule has 2 aromatic rings. The summed E-state index contributed by atoms with van der Waals surface area (Å²) in [5, 5.41) is 0. The predicted octanol–water partition coefficient (Wildman–Crippen LogP) is 1.89. The van der Waals surface area contributed by atoms with Gasteiger partial charge in [0.05, 0.1) is 19.1 Å². The van der Waals surface area contributed by atoms with E-state index in [9.17, 15) is 13.2 Å². The molecule has 0 unspecified atom stereocenters. The Labute approximate surface area is 170 Å². The monoisotopic (exact) mass is 420 g/mol. The van der Waals surface area contributed by atoms with E-state index in [0.29, 0.717) is 42.7 Å². The number of para-hydroxylation sites is 1. The van der Waals surface area contributed by atoms with Crippen LogP contribution in [0.3, 0.4) is 0 Å². The number of methoxy groups -OCH3 is 1. The number of rotatable bonds is 7. The molecule has 0 aliphatic carbocycles. The van der Waals surface area contributed by atoms with Crippen molar-refractivity contribution in [2.75, 3.05) is 44.5 Å². The summed E-state index contributed by atoms with van der Waals surface area (Å²) in [5.41, 5.74) is 1.17. The predicted molar refractivity (Wildman–Crippen MR) is 109 cm³/mol. The number of benzene rings is 2. The van der Waals surface area contributed by atoms with Gasteiger partial charge in [0.2, 0.25) is 15.9 Å². The molecule has 9 heteroatoms. The van der Waals surface area contributed by atoms with Crippen LogP contribution in [0.5, 0.6) is 17.2 Å². The Hall–Kier alpha value is -2.94.